The molecule has 4 rings (SSSR count). The average molecular weight is 383 g/mol. The Morgan fingerprint density at radius 1 is 1.14 bits per heavy atom. The van der Waals surface area contributed by atoms with Crippen LogP contribution >= 0.6 is 0 Å². The maximum atomic E-state index is 14.0. The van der Waals surface area contributed by atoms with Gasteiger partial charge in [-0.1, -0.05) is 18.2 Å². The lowest BCUT2D eigenvalue weighted by atomic mass is 10.0. The normalized spacial score (nSPS) is 13.1. The number of hydrogen-bond acceptors (Lipinski definition) is 6. The van der Waals surface area contributed by atoms with Gasteiger partial charge in [0.05, 0.1) is 10.6 Å². The summed E-state index contributed by atoms with van der Waals surface area (Å²) in [6.45, 7) is 0.555. The van der Waals surface area contributed by atoms with Gasteiger partial charge >= 0.3 is 5.69 Å². The Balaban J connectivity index is 1.80. The first-order chi connectivity index (χ1) is 13.5. The number of anilines is 4. The molecule has 3 aromatic rings. The molecule has 1 N–H and O–H groups in total. The van der Waals surface area contributed by atoms with Crippen LogP contribution in [0.4, 0.5) is 37.5 Å². The van der Waals surface area contributed by atoms with E-state index < -0.39 is 16.6 Å². The maximum Gasteiger partial charge on any atom is 0.354 e. The zero-order chi connectivity index (χ0) is 19.7. The molecule has 0 saturated heterocycles. The molecule has 0 spiro atoms. The molecule has 9 heteroatoms. The molecule has 0 aliphatic carbocycles. The van der Waals surface area contributed by atoms with Crippen LogP contribution in [-0.4, -0.2) is 21.4 Å². The van der Waals surface area contributed by atoms with Gasteiger partial charge in [0.2, 0.25) is 11.6 Å². The van der Waals surface area contributed by atoms with Crippen molar-refractivity contribution in [1.82, 2.24) is 9.97 Å². The summed E-state index contributed by atoms with van der Waals surface area (Å²) in [5, 5.41) is 14.4. The molecule has 0 fully saturated rings. The second kappa shape index (κ2) is 7.18. The Hall–Kier alpha value is -3.62. The summed E-state index contributed by atoms with van der Waals surface area (Å²) in [5.74, 6) is -1.66. The van der Waals surface area contributed by atoms with Crippen LogP contribution in [0.3, 0.4) is 0 Å². The smallest absolute Gasteiger partial charge is 0.332 e. The molecule has 1 aromatic heterocycles. The lowest BCUT2D eigenvalue weighted by molar-refractivity contribution is -0.383. The minimum absolute atomic E-state index is 0.117. The van der Waals surface area contributed by atoms with E-state index in [0.717, 1.165) is 36.2 Å². The molecule has 0 amide bonds. The highest BCUT2D eigenvalue weighted by molar-refractivity contribution is 5.79. The second-order valence-corrected chi connectivity index (χ2v) is 6.28. The number of para-hydroxylation sites is 1. The average Bonchev–Trinajstić information content (AvgIpc) is 2.69. The second-order valence-electron chi connectivity index (χ2n) is 6.28. The number of rotatable bonds is 4. The van der Waals surface area contributed by atoms with Crippen LogP contribution in [0.25, 0.3) is 0 Å². The van der Waals surface area contributed by atoms with Crippen molar-refractivity contribution in [1.29, 1.82) is 0 Å². The molecule has 142 valence electrons. The van der Waals surface area contributed by atoms with E-state index in [-0.39, 0.29) is 23.0 Å². The molecule has 0 unspecified atom stereocenters. The first kappa shape index (κ1) is 17.8. The lowest BCUT2D eigenvalue weighted by Gasteiger charge is -2.30. The van der Waals surface area contributed by atoms with Crippen LogP contribution in [0.15, 0.2) is 48.8 Å². The van der Waals surface area contributed by atoms with Gasteiger partial charge in [-0.05, 0) is 36.6 Å². The number of fused-ring (bicyclic) bond motifs is 1. The highest BCUT2D eigenvalue weighted by Crippen LogP contribution is 2.40. The summed E-state index contributed by atoms with van der Waals surface area (Å²) in [7, 11) is 0. The summed E-state index contributed by atoms with van der Waals surface area (Å²) in [5.41, 5.74) is 1.42. The fraction of sp³-hybridized carbons (Fsp3) is 0.158. The van der Waals surface area contributed by atoms with Gasteiger partial charge in [-0.25, -0.2) is 18.7 Å². The molecule has 0 radical (unpaired) electrons. The van der Waals surface area contributed by atoms with E-state index in [9.17, 15) is 18.9 Å². The summed E-state index contributed by atoms with van der Waals surface area (Å²) < 4.78 is 27.1. The SMILES string of the molecule is O=[N+]([O-])c1c(Nc2ccc(F)cc2F)ncnc1N1CCCc2ccccc21. The van der Waals surface area contributed by atoms with Gasteiger partial charge in [-0.3, -0.25) is 10.1 Å². The van der Waals surface area contributed by atoms with Crippen LogP contribution in [-0.2, 0) is 6.42 Å². The number of halogens is 2. The van der Waals surface area contributed by atoms with Crippen molar-refractivity contribution in [2.45, 2.75) is 12.8 Å². The predicted molar refractivity (Wildman–Crippen MR) is 100 cm³/mol. The molecule has 1 aliphatic rings. The van der Waals surface area contributed by atoms with Crippen LogP contribution in [0.1, 0.15) is 12.0 Å². The van der Waals surface area contributed by atoms with E-state index in [2.05, 4.69) is 15.3 Å². The van der Waals surface area contributed by atoms with Gasteiger partial charge in [0.1, 0.15) is 18.0 Å². The third-order valence-electron chi connectivity index (χ3n) is 4.54. The van der Waals surface area contributed by atoms with Crippen LogP contribution in [0, 0.1) is 21.7 Å². The van der Waals surface area contributed by atoms with Crippen molar-refractivity contribution < 1.29 is 13.7 Å². The standard InChI is InChI=1S/C19H15F2N5O2/c20-13-7-8-15(14(21)10-13)24-18-17(26(27)28)19(23-11-22-18)25-9-3-5-12-4-1-2-6-16(12)25/h1-2,4,6-8,10-11H,3,5,9H2,(H,22,23,24). The zero-order valence-electron chi connectivity index (χ0n) is 14.6. The topological polar surface area (TPSA) is 84.2 Å². The van der Waals surface area contributed by atoms with Gasteiger partial charge in [0.15, 0.2) is 0 Å². The quantitative estimate of drug-likeness (QED) is 0.528. The molecule has 0 saturated carbocycles. The number of aryl methyl sites for hydroxylation is 1. The van der Waals surface area contributed by atoms with E-state index in [1.165, 1.54) is 6.33 Å². The van der Waals surface area contributed by atoms with Crippen LogP contribution in [0.5, 0.6) is 0 Å². The van der Waals surface area contributed by atoms with Crippen molar-refractivity contribution in [2.24, 2.45) is 0 Å². The van der Waals surface area contributed by atoms with E-state index in [4.69, 9.17) is 0 Å². The van der Waals surface area contributed by atoms with Crippen molar-refractivity contribution in [3.05, 3.63) is 76.1 Å². The number of nitro groups is 1. The molecule has 2 heterocycles. The Labute approximate surface area is 158 Å². The van der Waals surface area contributed by atoms with Crippen molar-refractivity contribution in [2.75, 3.05) is 16.8 Å². The highest BCUT2D eigenvalue weighted by atomic mass is 19.1. The molecular formula is C19H15F2N5O2. The first-order valence-corrected chi connectivity index (χ1v) is 8.61. The largest absolute Gasteiger partial charge is 0.354 e. The highest BCUT2D eigenvalue weighted by Gasteiger charge is 2.30. The van der Waals surface area contributed by atoms with Crippen LogP contribution < -0.4 is 10.2 Å². The lowest BCUT2D eigenvalue weighted by Crippen LogP contribution is -2.26. The predicted octanol–water partition coefficient (Wildman–Crippen LogP) is 4.49. The summed E-state index contributed by atoms with van der Waals surface area (Å²) in [4.78, 5) is 21.1. The zero-order valence-corrected chi connectivity index (χ0v) is 14.6. The van der Waals surface area contributed by atoms with Gasteiger partial charge in [0.25, 0.3) is 0 Å². The van der Waals surface area contributed by atoms with Gasteiger partial charge in [0, 0.05) is 18.3 Å². The van der Waals surface area contributed by atoms with Gasteiger partial charge in [-0.2, -0.15) is 0 Å². The fourth-order valence-electron chi connectivity index (χ4n) is 3.30. The van der Waals surface area contributed by atoms with Crippen LogP contribution in [0.2, 0.25) is 0 Å². The Morgan fingerprint density at radius 3 is 2.75 bits per heavy atom. The van der Waals surface area contributed by atoms with Crippen molar-refractivity contribution in [3.63, 3.8) is 0 Å². The van der Waals surface area contributed by atoms with Crippen molar-refractivity contribution in [3.8, 4) is 0 Å². The molecule has 2 aromatic carbocycles. The third-order valence-corrected chi connectivity index (χ3v) is 4.54. The van der Waals surface area contributed by atoms with Crippen molar-refractivity contribution >= 4 is 28.7 Å². The molecule has 1 aliphatic heterocycles. The Kier molecular flexibility index (Phi) is 4.56. The summed E-state index contributed by atoms with van der Waals surface area (Å²) in [6.07, 6.45) is 2.87. The van der Waals surface area contributed by atoms with Gasteiger partial charge in [-0.15, -0.1) is 0 Å². The molecule has 28 heavy (non-hydrogen) atoms. The fourth-order valence-corrected chi connectivity index (χ4v) is 3.30. The van der Waals surface area contributed by atoms with E-state index >= 15 is 0 Å². The molecule has 0 atom stereocenters. The minimum Gasteiger partial charge on any atom is -0.332 e. The number of nitrogens with one attached hydrogen (secondary N) is 1. The Bertz CT molecular complexity index is 1060. The third kappa shape index (κ3) is 3.22. The number of aromatic nitrogens is 2. The van der Waals surface area contributed by atoms with Gasteiger partial charge < -0.3 is 10.2 Å². The Morgan fingerprint density at radius 2 is 1.96 bits per heavy atom. The number of benzene rings is 2. The first-order valence-electron chi connectivity index (χ1n) is 8.61. The number of hydrogen-bond donors (Lipinski definition) is 1. The van der Waals surface area contributed by atoms with E-state index in [1.54, 1.807) is 4.90 Å². The van der Waals surface area contributed by atoms with E-state index in [1.807, 2.05) is 24.3 Å². The number of nitrogens with zero attached hydrogens (tertiary/aromatic N) is 4. The molecule has 7 nitrogen and oxygen atoms in total. The molecular weight excluding hydrogens is 368 g/mol. The van der Waals surface area contributed by atoms with E-state index in [0.29, 0.717) is 12.6 Å². The molecule has 0 bridgehead atoms. The summed E-state index contributed by atoms with van der Waals surface area (Å²) >= 11 is 0. The summed E-state index contributed by atoms with van der Waals surface area (Å²) in [6, 6.07) is 10.5. The maximum absolute atomic E-state index is 14.0. The monoisotopic (exact) mass is 383 g/mol. The minimum atomic E-state index is -0.877.